The van der Waals surface area contributed by atoms with E-state index in [0.717, 1.165) is 5.56 Å². The van der Waals surface area contributed by atoms with Gasteiger partial charge in [-0.25, -0.2) is 9.37 Å². The van der Waals surface area contributed by atoms with E-state index in [9.17, 15) is 9.50 Å². The first-order chi connectivity index (χ1) is 8.58. The standard InChI is InChI=1S/C14H15FN2O/c1-9-4-5-12(15)11(7-9)13(18)8-10-3-2-6-17-14(10)16/h2-7,13,18H,8H2,1H3,(H2,16,17). The zero-order valence-electron chi connectivity index (χ0n) is 10.1. The third-order valence-corrected chi connectivity index (χ3v) is 2.85. The molecular weight excluding hydrogens is 231 g/mol. The molecule has 0 radical (unpaired) electrons. The van der Waals surface area contributed by atoms with Crippen LogP contribution in [-0.2, 0) is 6.42 Å². The van der Waals surface area contributed by atoms with Crippen LogP contribution in [0, 0.1) is 12.7 Å². The second kappa shape index (κ2) is 5.14. The number of aliphatic hydroxyl groups excluding tert-OH is 1. The van der Waals surface area contributed by atoms with Gasteiger partial charge in [0.2, 0.25) is 0 Å². The van der Waals surface area contributed by atoms with Crippen molar-refractivity contribution in [3.8, 4) is 0 Å². The number of hydrogen-bond donors (Lipinski definition) is 2. The van der Waals surface area contributed by atoms with Crippen molar-refractivity contribution in [1.29, 1.82) is 0 Å². The number of benzene rings is 1. The highest BCUT2D eigenvalue weighted by atomic mass is 19.1. The summed E-state index contributed by atoms with van der Waals surface area (Å²) in [5.74, 6) is -0.0415. The van der Waals surface area contributed by atoms with Gasteiger partial charge in [0, 0.05) is 18.2 Å². The predicted molar refractivity (Wildman–Crippen MR) is 68.5 cm³/mol. The van der Waals surface area contributed by atoms with Gasteiger partial charge in [-0.2, -0.15) is 0 Å². The first-order valence-corrected chi connectivity index (χ1v) is 5.71. The van der Waals surface area contributed by atoms with Gasteiger partial charge in [0.05, 0.1) is 6.10 Å². The molecule has 0 aliphatic carbocycles. The van der Waals surface area contributed by atoms with E-state index in [2.05, 4.69) is 4.98 Å². The summed E-state index contributed by atoms with van der Waals surface area (Å²) in [6.07, 6.45) is 0.912. The summed E-state index contributed by atoms with van der Waals surface area (Å²) in [7, 11) is 0. The van der Waals surface area contributed by atoms with Crippen LogP contribution in [0.5, 0.6) is 0 Å². The minimum Gasteiger partial charge on any atom is -0.388 e. The first kappa shape index (κ1) is 12.5. The Morgan fingerprint density at radius 3 is 2.89 bits per heavy atom. The molecule has 1 aromatic carbocycles. The molecule has 0 spiro atoms. The number of hydrogen-bond acceptors (Lipinski definition) is 3. The van der Waals surface area contributed by atoms with Crippen LogP contribution in [0.3, 0.4) is 0 Å². The molecule has 2 aromatic rings. The van der Waals surface area contributed by atoms with Crippen molar-refractivity contribution in [3.05, 3.63) is 59.0 Å². The maximum Gasteiger partial charge on any atom is 0.129 e. The minimum atomic E-state index is -0.920. The fourth-order valence-electron chi connectivity index (χ4n) is 1.86. The van der Waals surface area contributed by atoms with Gasteiger partial charge in [-0.1, -0.05) is 23.8 Å². The van der Waals surface area contributed by atoms with E-state index in [1.165, 1.54) is 6.07 Å². The number of aromatic nitrogens is 1. The molecule has 0 fully saturated rings. The molecule has 4 heteroatoms. The molecule has 2 rings (SSSR count). The van der Waals surface area contributed by atoms with E-state index in [1.54, 1.807) is 30.5 Å². The SMILES string of the molecule is Cc1ccc(F)c(C(O)Cc2cccnc2N)c1. The molecule has 1 aromatic heterocycles. The number of rotatable bonds is 3. The lowest BCUT2D eigenvalue weighted by Crippen LogP contribution is -2.07. The van der Waals surface area contributed by atoms with E-state index in [1.807, 2.05) is 6.92 Å². The highest BCUT2D eigenvalue weighted by molar-refractivity contribution is 5.39. The number of anilines is 1. The van der Waals surface area contributed by atoms with E-state index in [-0.39, 0.29) is 6.42 Å². The average Bonchev–Trinajstić information content (AvgIpc) is 2.35. The molecule has 3 nitrogen and oxygen atoms in total. The summed E-state index contributed by atoms with van der Waals surface area (Å²) in [5, 5.41) is 10.1. The van der Waals surface area contributed by atoms with E-state index < -0.39 is 11.9 Å². The molecule has 1 atom stereocenters. The number of pyridine rings is 1. The number of nitrogen functional groups attached to an aromatic ring is 1. The zero-order chi connectivity index (χ0) is 13.1. The lowest BCUT2D eigenvalue weighted by molar-refractivity contribution is 0.173. The van der Waals surface area contributed by atoms with E-state index in [0.29, 0.717) is 16.9 Å². The molecule has 18 heavy (non-hydrogen) atoms. The van der Waals surface area contributed by atoms with Gasteiger partial charge in [-0.15, -0.1) is 0 Å². The molecule has 0 aliphatic heterocycles. The lowest BCUT2D eigenvalue weighted by atomic mass is 10.00. The van der Waals surface area contributed by atoms with Crippen LogP contribution < -0.4 is 5.73 Å². The van der Waals surface area contributed by atoms with Crippen LogP contribution in [-0.4, -0.2) is 10.1 Å². The molecule has 94 valence electrons. The molecule has 0 aliphatic rings. The van der Waals surface area contributed by atoms with Crippen LogP contribution in [0.2, 0.25) is 0 Å². The third kappa shape index (κ3) is 2.65. The van der Waals surface area contributed by atoms with Gasteiger partial charge in [0.1, 0.15) is 11.6 Å². The summed E-state index contributed by atoms with van der Waals surface area (Å²) >= 11 is 0. The van der Waals surface area contributed by atoms with Gasteiger partial charge in [-0.3, -0.25) is 0 Å². The van der Waals surface area contributed by atoms with Crippen molar-refractivity contribution in [3.63, 3.8) is 0 Å². The fraction of sp³-hybridized carbons (Fsp3) is 0.214. The van der Waals surface area contributed by atoms with Gasteiger partial charge in [0.15, 0.2) is 0 Å². The Kier molecular flexibility index (Phi) is 3.58. The molecular formula is C14H15FN2O. The molecule has 1 heterocycles. The van der Waals surface area contributed by atoms with Crippen LogP contribution in [0.15, 0.2) is 36.5 Å². The number of halogens is 1. The predicted octanol–water partition coefficient (Wildman–Crippen LogP) is 2.39. The minimum absolute atomic E-state index is 0.250. The molecule has 1 unspecified atom stereocenters. The van der Waals surface area contributed by atoms with E-state index >= 15 is 0 Å². The monoisotopic (exact) mass is 246 g/mol. The topological polar surface area (TPSA) is 59.1 Å². The summed E-state index contributed by atoms with van der Waals surface area (Å²) < 4.78 is 13.6. The number of aliphatic hydroxyl groups is 1. The van der Waals surface area contributed by atoms with Crippen molar-refractivity contribution >= 4 is 5.82 Å². The third-order valence-electron chi connectivity index (χ3n) is 2.85. The van der Waals surface area contributed by atoms with Crippen molar-refractivity contribution in [2.45, 2.75) is 19.4 Å². The highest BCUT2D eigenvalue weighted by Gasteiger charge is 2.15. The summed E-state index contributed by atoms with van der Waals surface area (Å²) in [6, 6.07) is 8.20. The number of nitrogens with zero attached hydrogens (tertiary/aromatic N) is 1. The largest absolute Gasteiger partial charge is 0.388 e. The number of nitrogens with two attached hydrogens (primary N) is 1. The Balaban J connectivity index is 2.25. The molecule has 0 saturated heterocycles. The van der Waals surface area contributed by atoms with Crippen LogP contribution in [0.4, 0.5) is 10.2 Å². The Morgan fingerprint density at radius 2 is 2.17 bits per heavy atom. The van der Waals surface area contributed by atoms with Crippen molar-refractivity contribution in [2.24, 2.45) is 0 Å². The lowest BCUT2D eigenvalue weighted by Gasteiger charge is -2.13. The summed E-state index contributed by atoms with van der Waals surface area (Å²) in [6.45, 7) is 1.86. The summed E-state index contributed by atoms with van der Waals surface area (Å²) in [5.41, 5.74) is 7.61. The fourth-order valence-corrected chi connectivity index (χ4v) is 1.86. The van der Waals surface area contributed by atoms with Crippen molar-refractivity contribution in [2.75, 3.05) is 5.73 Å². The van der Waals surface area contributed by atoms with Gasteiger partial charge in [-0.05, 0) is 24.6 Å². The summed E-state index contributed by atoms with van der Waals surface area (Å²) in [4.78, 5) is 3.94. The number of aryl methyl sites for hydroxylation is 1. The van der Waals surface area contributed by atoms with Crippen molar-refractivity contribution in [1.82, 2.24) is 4.98 Å². The van der Waals surface area contributed by atoms with Crippen LogP contribution >= 0.6 is 0 Å². The maximum absolute atomic E-state index is 13.6. The maximum atomic E-state index is 13.6. The Hall–Kier alpha value is -1.94. The Labute approximate surface area is 105 Å². The van der Waals surface area contributed by atoms with Gasteiger partial charge in [0.25, 0.3) is 0 Å². The van der Waals surface area contributed by atoms with Gasteiger partial charge >= 0.3 is 0 Å². The van der Waals surface area contributed by atoms with Crippen LogP contribution in [0.25, 0.3) is 0 Å². The quantitative estimate of drug-likeness (QED) is 0.874. The second-order valence-corrected chi connectivity index (χ2v) is 4.29. The smallest absolute Gasteiger partial charge is 0.129 e. The van der Waals surface area contributed by atoms with Crippen LogP contribution in [0.1, 0.15) is 22.8 Å². The molecule has 3 N–H and O–H groups in total. The van der Waals surface area contributed by atoms with E-state index in [4.69, 9.17) is 5.73 Å². The first-order valence-electron chi connectivity index (χ1n) is 5.71. The Morgan fingerprint density at radius 1 is 1.39 bits per heavy atom. The second-order valence-electron chi connectivity index (χ2n) is 4.29. The molecule has 0 saturated carbocycles. The average molecular weight is 246 g/mol. The Bertz CT molecular complexity index is 557. The normalized spacial score (nSPS) is 12.4. The highest BCUT2D eigenvalue weighted by Crippen LogP contribution is 2.23. The van der Waals surface area contributed by atoms with Crippen molar-refractivity contribution < 1.29 is 9.50 Å². The molecule has 0 amide bonds. The van der Waals surface area contributed by atoms with Gasteiger partial charge < -0.3 is 10.8 Å². The zero-order valence-corrected chi connectivity index (χ0v) is 10.1. The molecule has 0 bridgehead atoms.